The number of nitrogens with two attached hydrogens (primary N) is 1. The average molecular weight is 329 g/mol. The predicted molar refractivity (Wildman–Crippen MR) is 83.2 cm³/mol. The van der Waals surface area contributed by atoms with Crippen LogP contribution in [-0.4, -0.2) is 7.11 Å². The van der Waals surface area contributed by atoms with Crippen LogP contribution in [0, 0.1) is 5.82 Å². The summed E-state index contributed by atoms with van der Waals surface area (Å²) in [5.74, 6) is 5.38. The molecule has 3 nitrogen and oxygen atoms in total. The van der Waals surface area contributed by atoms with E-state index in [1.807, 2.05) is 6.07 Å². The molecule has 0 aliphatic carbocycles. The van der Waals surface area contributed by atoms with E-state index < -0.39 is 5.82 Å². The molecule has 0 aliphatic heterocycles. The number of nitrogens with one attached hydrogen (secondary N) is 1. The normalized spacial score (nSPS) is 12.2. The van der Waals surface area contributed by atoms with E-state index in [9.17, 15) is 4.39 Å². The van der Waals surface area contributed by atoms with Crippen molar-refractivity contribution < 1.29 is 9.13 Å². The molecule has 2 aromatic carbocycles. The molecule has 0 fully saturated rings. The summed E-state index contributed by atoms with van der Waals surface area (Å²) in [6.45, 7) is 0. The zero-order valence-electron chi connectivity index (χ0n) is 11.4. The summed E-state index contributed by atoms with van der Waals surface area (Å²) in [4.78, 5) is 0. The molecule has 112 valence electrons. The molecule has 1 atom stereocenters. The lowest BCUT2D eigenvalue weighted by atomic mass is 9.99. The van der Waals surface area contributed by atoms with E-state index in [4.69, 9.17) is 33.8 Å². The quantitative estimate of drug-likeness (QED) is 0.646. The van der Waals surface area contributed by atoms with Gasteiger partial charge in [0, 0.05) is 0 Å². The SMILES string of the molecule is COc1cc(C(Cc2ccc(Cl)c(Cl)c2)NN)ccc1F. The third-order valence-electron chi connectivity index (χ3n) is 3.20. The van der Waals surface area contributed by atoms with Gasteiger partial charge in [0.25, 0.3) is 0 Å². The van der Waals surface area contributed by atoms with Gasteiger partial charge in [0.15, 0.2) is 11.6 Å². The van der Waals surface area contributed by atoms with Crippen molar-refractivity contribution in [3.63, 3.8) is 0 Å². The van der Waals surface area contributed by atoms with Crippen molar-refractivity contribution >= 4 is 23.2 Å². The average Bonchev–Trinajstić information content (AvgIpc) is 2.49. The van der Waals surface area contributed by atoms with E-state index in [-0.39, 0.29) is 11.8 Å². The van der Waals surface area contributed by atoms with Crippen molar-refractivity contribution in [1.82, 2.24) is 5.43 Å². The van der Waals surface area contributed by atoms with Crippen molar-refractivity contribution in [2.24, 2.45) is 5.84 Å². The van der Waals surface area contributed by atoms with Gasteiger partial charge in [-0.05, 0) is 41.8 Å². The monoisotopic (exact) mass is 328 g/mol. The van der Waals surface area contributed by atoms with Gasteiger partial charge in [0.2, 0.25) is 0 Å². The van der Waals surface area contributed by atoms with Crippen LogP contribution in [0.1, 0.15) is 17.2 Å². The van der Waals surface area contributed by atoms with Crippen LogP contribution in [0.2, 0.25) is 10.0 Å². The second kappa shape index (κ2) is 7.09. The Morgan fingerprint density at radius 3 is 2.57 bits per heavy atom. The van der Waals surface area contributed by atoms with Crippen molar-refractivity contribution in [1.29, 1.82) is 0 Å². The van der Waals surface area contributed by atoms with Gasteiger partial charge in [0.1, 0.15) is 0 Å². The van der Waals surface area contributed by atoms with E-state index in [2.05, 4.69) is 5.43 Å². The molecule has 0 spiro atoms. The molecule has 0 saturated carbocycles. The van der Waals surface area contributed by atoms with Crippen LogP contribution in [0.4, 0.5) is 4.39 Å². The van der Waals surface area contributed by atoms with Crippen LogP contribution in [-0.2, 0) is 6.42 Å². The molecule has 0 aromatic heterocycles. The molecule has 0 amide bonds. The topological polar surface area (TPSA) is 47.3 Å². The highest BCUT2D eigenvalue weighted by molar-refractivity contribution is 6.42. The number of methoxy groups -OCH3 is 1. The summed E-state index contributed by atoms with van der Waals surface area (Å²) in [7, 11) is 1.42. The van der Waals surface area contributed by atoms with Crippen LogP contribution in [0.5, 0.6) is 5.75 Å². The fourth-order valence-electron chi connectivity index (χ4n) is 2.07. The summed E-state index contributed by atoms with van der Waals surface area (Å²) >= 11 is 11.9. The van der Waals surface area contributed by atoms with Gasteiger partial charge < -0.3 is 4.74 Å². The van der Waals surface area contributed by atoms with Crippen molar-refractivity contribution in [3.05, 3.63) is 63.4 Å². The number of hydrazine groups is 1. The van der Waals surface area contributed by atoms with Gasteiger partial charge in [0.05, 0.1) is 23.2 Å². The van der Waals surface area contributed by atoms with Crippen molar-refractivity contribution in [2.75, 3.05) is 7.11 Å². The Bertz CT molecular complexity index is 637. The number of benzene rings is 2. The van der Waals surface area contributed by atoms with Gasteiger partial charge in [-0.25, -0.2) is 4.39 Å². The van der Waals surface area contributed by atoms with E-state index in [0.717, 1.165) is 11.1 Å². The molecule has 2 rings (SSSR count). The first-order valence-electron chi connectivity index (χ1n) is 6.28. The maximum absolute atomic E-state index is 13.5. The molecule has 0 saturated heterocycles. The third kappa shape index (κ3) is 3.86. The maximum atomic E-state index is 13.5. The number of halogens is 3. The molecule has 1 unspecified atom stereocenters. The molecule has 0 radical (unpaired) electrons. The second-order valence-electron chi connectivity index (χ2n) is 4.57. The lowest BCUT2D eigenvalue weighted by Gasteiger charge is -2.17. The van der Waals surface area contributed by atoms with Crippen molar-refractivity contribution in [2.45, 2.75) is 12.5 Å². The Labute approximate surface area is 132 Å². The van der Waals surface area contributed by atoms with Crippen LogP contribution < -0.4 is 16.0 Å². The minimum absolute atomic E-state index is 0.182. The Kier molecular flexibility index (Phi) is 5.42. The minimum atomic E-state index is -0.411. The summed E-state index contributed by atoms with van der Waals surface area (Å²) in [6, 6.07) is 9.84. The lowest BCUT2D eigenvalue weighted by Crippen LogP contribution is -2.29. The van der Waals surface area contributed by atoms with Gasteiger partial charge in [-0.1, -0.05) is 35.3 Å². The Morgan fingerprint density at radius 1 is 1.19 bits per heavy atom. The Morgan fingerprint density at radius 2 is 1.95 bits per heavy atom. The van der Waals surface area contributed by atoms with Gasteiger partial charge in [-0.2, -0.15) is 0 Å². The summed E-state index contributed by atoms with van der Waals surface area (Å²) in [5, 5.41) is 0.989. The highest BCUT2D eigenvalue weighted by atomic mass is 35.5. The minimum Gasteiger partial charge on any atom is -0.494 e. The summed E-state index contributed by atoms with van der Waals surface area (Å²) in [6.07, 6.45) is 0.585. The first-order chi connectivity index (χ1) is 10.0. The number of ether oxygens (including phenoxy) is 1. The fourth-order valence-corrected chi connectivity index (χ4v) is 2.39. The zero-order valence-corrected chi connectivity index (χ0v) is 12.9. The molecular weight excluding hydrogens is 314 g/mol. The smallest absolute Gasteiger partial charge is 0.165 e. The number of rotatable bonds is 5. The molecule has 0 heterocycles. The van der Waals surface area contributed by atoms with Crippen LogP contribution in [0.3, 0.4) is 0 Å². The standard InChI is InChI=1S/C15H15Cl2FN2O/c1-21-15-8-10(3-5-13(15)18)14(20-19)7-9-2-4-11(16)12(17)6-9/h2-6,8,14,20H,7,19H2,1H3. The molecule has 0 aliphatic rings. The van der Waals surface area contributed by atoms with Crippen LogP contribution in [0.15, 0.2) is 36.4 Å². The second-order valence-corrected chi connectivity index (χ2v) is 5.38. The molecule has 6 heteroatoms. The first kappa shape index (κ1) is 16.0. The zero-order chi connectivity index (χ0) is 15.4. The molecule has 0 bridgehead atoms. The number of hydrogen-bond acceptors (Lipinski definition) is 3. The Balaban J connectivity index is 2.25. The van der Waals surface area contributed by atoms with E-state index >= 15 is 0 Å². The molecule has 2 aromatic rings. The lowest BCUT2D eigenvalue weighted by molar-refractivity contribution is 0.384. The van der Waals surface area contributed by atoms with E-state index in [1.165, 1.54) is 13.2 Å². The van der Waals surface area contributed by atoms with Gasteiger partial charge in [-0.3, -0.25) is 11.3 Å². The molecule has 3 N–H and O–H groups in total. The van der Waals surface area contributed by atoms with E-state index in [1.54, 1.807) is 24.3 Å². The number of hydrogen-bond donors (Lipinski definition) is 2. The fraction of sp³-hybridized carbons (Fsp3) is 0.200. The van der Waals surface area contributed by atoms with E-state index in [0.29, 0.717) is 16.5 Å². The van der Waals surface area contributed by atoms with Crippen LogP contribution >= 0.6 is 23.2 Å². The maximum Gasteiger partial charge on any atom is 0.165 e. The predicted octanol–water partition coefficient (Wildman–Crippen LogP) is 3.89. The molecule has 21 heavy (non-hydrogen) atoms. The van der Waals surface area contributed by atoms with Gasteiger partial charge >= 0.3 is 0 Å². The highest BCUT2D eigenvalue weighted by Crippen LogP contribution is 2.27. The van der Waals surface area contributed by atoms with Crippen LogP contribution in [0.25, 0.3) is 0 Å². The highest BCUT2D eigenvalue weighted by Gasteiger charge is 2.14. The third-order valence-corrected chi connectivity index (χ3v) is 3.94. The largest absolute Gasteiger partial charge is 0.494 e. The summed E-state index contributed by atoms with van der Waals surface area (Å²) < 4.78 is 18.4. The summed E-state index contributed by atoms with van der Waals surface area (Å²) in [5.41, 5.74) is 4.51. The Hall–Kier alpha value is -1.33. The molecular formula is C15H15Cl2FN2O. The van der Waals surface area contributed by atoms with Crippen molar-refractivity contribution in [3.8, 4) is 5.75 Å². The first-order valence-corrected chi connectivity index (χ1v) is 7.04. The van der Waals surface area contributed by atoms with Gasteiger partial charge in [-0.15, -0.1) is 0 Å².